The van der Waals surface area contributed by atoms with Crippen molar-refractivity contribution in [2.24, 2.45) is 5.92 Å². The van der Waals surface area contributed by atoms with Gasteiger partial charge in [0.25, 0.3) is 0 Å². The van der Waals surface area contributed by atoms with Crippen molar-refractivity contribution in [3.05, 3.63) is 113 Å². The van der Waals surface area contributed by atoms with Crippen LogP contribution in [0.15, 0.2) is 84.5 Å². The Balaban J connectivity index is 1.48. The second-order valence-electron chi connectivity index (χ2n) is 9.82. The van der Waals surface area contributed by atoms with Gasteiger partial charge >= 0.3 is 0 Å². The maximum Gasteiger partial charge on any atom is 0.230 e. The average molecular weight is 496 g/mol. The molecule has 5 heteroatoms. The van der Waals surface area contributed by atoms with Crippen molar-refractivity contribution in [3.8, 4) is 5.75 Å². The fraction of sp³-hybridized carbons (Fsp3) is 0.250. The smallest absolute Gasteiger partial charge is 0.230 e. The summed E-state index contributed by atoms with van der Waals surface area (Å²) in [5.41, 5.74) is 6.68. The van der Waals surface area contributed by atoms with E-state index in [2.05, 4.69) is 24.3 Å². The van der Waals surface area contributed by atoms with E-state index < -0.39 is 5.92 Å². The quantitative estimate of drug-likeness (QED) is 0.439. The summed E-state index contributed by atoms with van der Waals surface area (Å²) in [6, 6.07) is 20.3. The summed E-state index contributed by atoms with van der Waals surface area (Å²) in [6.07, 6.45) is 6.38. The Morgan fingerprint density at radius 1 is 0.973 bits per heavy atom. The normalized spacial score (nSPS) is 18.1. The van der Waals surface area contributed by atoms with Gasteiger partial charge in [-0.2, -0.15) is 0 Å². The monoisotopic (exact) mass is 495 g/mol. The molecule has 0 radical (unpaired) electrons. The summed E-state index contributed by atoms with van der Waals surface area (Å²) in [7, 11) is 3.34. The number of methoxy groups -OCH3 is 1. The molecule has 1 atom stereocenters. The van der Waals surface area contributed by atoms with Gasteiger partial charge in [0.1, 0.15) is 17.3 Å². The second-order valence-corrected chi connectivity index (χ2v) is 9.82. The van der Waals surface area contributed by atoms with Crippen LogP contribution in [0.2, 0.25) is 0 Å². The SMILES string of the molecule is COc1ccc(N(C)C(=O)[C@H]2CC(=O)CC3=C(/C=C\Cc4cccc(c4)C2)Cc2ccc(F)cc23)cc1. The number of rotatable bonds is 3. The number of fused-ring (bicyclic) bond motifs is 4. The highest BCUT2D eigenvalue weighted by molar-refractivity contribution is 6.00. The fourth-order valence-corrected chi connectivity index (χ4v) is 5.34. The maximum absolute atomic E-state index is 14.1. The summed E-state index contributed by atoms with van der Waals surface area (Å²) in [6.45, 7) is 0. The minimum absolute atomic E-state index is 0.0186. The molecule has 0 heterocycles. The highest BCUT2D eigenvalue weighted by atomic mass is 19.1. The molecule has 0 aliphatic heterocycles. The van der Waals surface area contributed by atoms with Crippen molar-refractivity contribution in [1.29, 1.82) is 0 Å². The van der Waals surface area contributed by atoms with E-state index in [1.807, 2.05) is 36.4 Å². The van der Waals surface area contributed by atoms with Crippen LogP contribution in [0.3, 0.4) is 0 Å². The molecule has 0 N–H and O–H groups in total. The molecule has 0 spiro atoms. The Hall–Kier alpha value is -3.99. The van der Waals surface area contributed by atoms with Crippen LogP contribution in [-0.2, 0) is 28.9 Å². The molecule has 0 saturated carbocycles. The van der Waals surface area contributed by atoms with Gasteiger partial charge in [-0.1, -0.05) is 42.5 Å². The predicted octanol–water partition coefficient (Wildman–Crippen LogP) is 6.13. The third kappa shape index (κ3) is 5.41. The summed E-state index contributed by atoms with van der Waals surface area (Å²) in [5, 5.41) is 0. The van der Waals surface area contributed by atoms with E-state index in [1.54, 1.807) is 25.1 Å². The topological polar surface area (TPSA) is 46.6 Å². The Bertz CT molecular complexity index is 1400. The molecule has 0 unspecified atom stereocenters. The van der Waals surface area contributed by atoms with Crippen LogP contribution in [0.4, 0.5) is 10.1 Å². The Morgan fingerprint density at radius 2 is 1.76 bits per heavy atom. The van der Waals surface area contributed by atoms with Gasteiger partial charge in [0.05, 0.1) is 7.11 Å². The predicted molar refractivity (Wildman–Crippen MR) is 144 cm³/mol. The molecule has 5 rings (SSSR count). The van der Waals surface area contributed by atoms with Crippen molar-refractivity contribution in [1.82, 2.24) is 0 Å². The number of carbonyl (C=O) groups excluding carboxylic acids is 2. The number of anilines is 1. The molecule has 0 saturated heterocycles. The number of benzene rings is 3. The first-order valence-electron chi connectivity index (χ1n) is 12.6. The molecular formula is C32H30FNO3. The molecule has 2 bridgehead atoms. The molecule has 2 aliphatic carbocycles. The minimum Gasteiger partial charge on any atom is -0.497 e. The van der Waals surface area contributed by atoms with E-state index in [4.69, 9.17) is 4.74 Å². The number of nitrogens with zero attached hydrogens (tertiary/aromatic N) is 1. The third-order valence-corrected chi connectivity index (χ3v) is 7.30. The van der Waals surface area contributed by atoms with Gasteiger partial charge in [-0.3, -0.25) is 9.59 Å². The van der Waals surface area contributed by atoms with Gasteiger partial charge in [0.2, 0.25) is 5.91 Å². The molecule has 3 aromatic rings. The van der Waals surface area contributed by atoms with E-state index >= 15 is 0 Å². The van der Waals surface area contributed by atoms with Crippen LogP contribution < -0.4 is 9.64 Å². The number of ketones is 1. The fourth-order valence-electron chi connectivity index (χ4n) is 5.34. The summed E-state index contributed by atoms with van der Waals surface area (Å²) < 4.78 is 19.4. The van der Waals surface area contributed by atoms with E-state index in [-0.39, 0.29) is 30.3 Å². The van der Waals surface area contributed by atoms with Crippen LogP contribution in [0.5, 0.6) is 5.75 Å². The first-order chi connectivity index (χ1) is 17.9. The molecule has 0 aromatic heterocycles. The average Bonchev–Trinajstić information content (AvgIpc) is 3.23. The lowest BCUT2D eigenvalue weighted by molar-refractivity contribution is -0.127. The molecule has 37 heavy (non-hydrogen) atoms. The van der Waals surface area contributed by atoms with Crippen molar-refractivity contribution >= 4 is 23.0 Å². The van der Waals surface area contributed by atoms with Crippen LogP contribution in [-0.4, -0.2) is 25.8 Å². The van der Waals surface area contributed by atoms with E-state index in [9.17, 15) is 14.0 Å². The number of allylic oxidation sites excluding steroid dienone is 4. The molecule has 4 nitrogen and oxygen atoms in total. The highest BCUT2D eigenvalue weighted by Gasteiger charge is 2.29. The molecule has 188 valence electrons. The number of hydrogen-bond donors (Lipinski definition) is 0. The molecule has 0 fully saturated rings. The Labute approximate surface area is 217 Å². The van der Waals surface area contributed by atoms with Crippen molar-refractivity contribution in [2.75, 3.05) is 19.1 Å². The van der Waals surface area contributed by atoms with Crippen LogP contribution >= 0.6 is 0 Å². The number of amides is 1. The van der Waals surface area contributed by atoms with Gasteiger partial charge in [-0.05, 0) is 89.1 Å². The lowest BCUT2D eigenvalue weighted by Crippen LogP contribution is -2.35. The minimum atomic E-state index is -0.513. The Morgan fingerprint density at radius 3 is 2.54 bits per heavy atom. The number of halogens is 1. The summed E-state index contributed by atoms with van der Waals surface area (Å²) in [4.78, 5) is 28.8. The largest absolute Gasteiger partial charge is 0.497 e. The first kappa shape index (κ1) is 24.7. The van der Waals surface area contributed by atoms with Gasteiger partial charge in [0.15, 0.2) is 0 Å². The van der Waals surface area contributed by atoms with Crippen molar-refractivity contribution in [3.63, 3.8) is 0 Å². The zero-order valence-corrected chi connectivity index (χ0v) is 21.2. The number of ether oxygens (including phenoxy) is 1. The second kappa shape index (κ2) is 10.6. The van der Waals surface area contributed by atoms with Gasteiger partial charge in [0, 0.05) is 31.5 Å². The zero-order chi connectivity index (χ0) is 25.9. The van der Waals surface area contributed by atoms with Crippen molar-refractivity contribution < 1.29 is 18.7 Å². The van der Waals surface area contributed by atoms with E-state index in [1.165, 1.54) is 12.1 Å². The summed E-state index contributed by atoms with van der Waals surface area (Å²) >= 11 is 0. The highest BCUT2D eigenvalue weighted by Crippen LogP contribution is 2.37. The van der Waals surface area contributed by atoms with Gasteiger partial charge in [-0.25, -0.2) is 4.39 Å². The number of hydrogen-bond acceptors (Lipinski definition) is 3. The molecule has 1 amide bonds. The van der Waals surface area contributed by atoms with E-state index in [0.29, 0.717) is 18.6 Å². The van der Waals surface area contributed by atoms with Gasteiger partial charge < -0.3 is 9.64 Å². The maximum atomic E-state index is 14.1. The number of carbonyl (C=O) groups is 2. The standard InChI is InChI=1S/C32H30FNO3/c1-34(27-11-13-29(37-2)14-12-27)32(36)25-16-22-7-3-5-21(15-22)6-4-8-23-17-24-9-10-26(33)19-30(24)31(23)20-28(35)18-25/h3-5,7-15,19,25H,6,16-18,20H2,1-2H3/b8-4-/t25-/m1/s1. The third-order valence-electron chi connectivity index (χ3n) is 7.30. The zero-order valence-electron chi connectivity index (χ0n) is 21.2. The first-order valence-corrected chi connectivity index (χ1v) is 12.6. The molecule has 3 aromatic carbocycles. The Kier molecular flexibility index (Phi) is 7.04. The van der Waals surface area contributed by atoms with Gasteiger partial charge in [-0.15, -0.1) is 0 Å². The van der Waals surface area contributed by atoms with Crippen LogP contribution in [0, 0.1) is 11.7 Å². The summed E-state index contributed by atoms with van der Waals surface area (Å²) in [5.74, 6) is -0.235. The van der Waals surface area contributed by atoms with Crippen LogP contribution in [0.25, 0.3) is 5.57 Å². The van der Waals surface area contributed by atoms with Crippen molar-refractivity contribution in [2.45, 2.75) is 32.1 Å². The lowest BCUT2D eigenvalue weighted by Gasteiger charge is -2.24. The molecular weight excluding hydrogens is 465 g/mol. The lowest BCUT2D eigenvalue weighted by atomic mass is 9.89. The van der Waals surface area contributed by atoms with Crippen LogP contribution in [0.1, 0.15) is 35.1 Å². The number of Topliss-reactive ketones (excluding diaryl/α,β-unsaturated/α-hetero) is 1. The van der Waals surface area contributed by atoms with E-state index in [0.717, 1.165) is 45.5 Å². The molecule has 2 aliphatic rings.